The first-order valence-electron chi connectivity index (χ1n) is 6.60. The summed E-state index contributed by atoms with van der Waals surface area (Å²) in [5, 5.41) is 0. The lowest BCUT2D eigenvalue weighted by Gasteiger charge is -2.33. The normalized spacial score (nSPS) is 30.2. The van der Waals surface area contributed by atoms with Crippen LogP contribution in [0.15, 0.2) is 0 Å². The molecule has 1 aliphatic carbocycles. The molecule has 0 unspecified atom stereocenters. The minimum atomic E-state index is -0.396. The number of rotatable bonds is 1. The summed E-state index contributed by atoms with van der Waals surface area (Å²) in [7, 11) is 0. The Kier molecular flexibility index (Phi) is 3.34. The lowest BCUT2D eigenvalue weighted by atomic mass is 9.92. The summed E-state index contributed by atoms with van der Waals surface area (Å²) in [5.74, 6) is 1.44. The van der Waals surface area contributed by atoms with Gasteiger partial charge >= 0.3 is 6.09 Å². The molecule has 2 rings (SSSR count). The number of hydrogen-bond donors (Lipinski definition) is 1. The van der Waals surface area contributed by atoms with E-state index in [0.717, 1.165) is 37.8 Å². The monoisotopic (exact) mass is 240 g/mol. The van der Waals surface area contributed by atoms with Crippen LogP contribution in [0.1, 0.15) is 40.0 Å². The molecule has 0 radical (unpaired) electrons. The first-order valence-corrected chi connectivity index (χ1v) is 6.60. The molecule has 98 valence electrons. The second-order valence-corrected chi connectivity index (χ2v) is 6.37. The van der Waals surface area contributed by atoms with E-state index >= 15 is 0 Å². The van der Waals surface area contributed by atoms with Crippen molar-refractivity contribution in [3.63, 3.8) is 0 Å². The Morgan fingerprint density at radius 1 is 1.29 bits per heavy atom. The van der Waals surface area contributed by atoms with E-state index in [1.807, 2.05) is 25.7 Å². The van der Waals surface area contributed by atoms with Gasteiger partial charge in [-0.05, 0) is 51.9 Å². The molecule has 1 amide bonds. The largest absolute Gasteiger partial charge is 0.444 e. The van der Waals surface area contributed by atoms with Gasteiger partial charge in [-0.15, -0.1) is 0 Å². The third-order valence-corrected chi connectivity index (χ3v) is 3.69. The van der Waals surface area contributed by atoms with Crippen molar-refractivity contribution in [2.45, 2.75) is 51.7 Å². The second-order valence-electron chi connectivity index (χ2n) is 6.37. The van der Waals surface area contributed by atoms with Gasteiger partial charge in [0.05, 0.1) is 0 Å². The number of piperidine rings is 1. The summed E-state index contributed by atoms with van der Waals surface area (Å²) in [6, 6.07) is 0.424. The third-order valence-electron chi connectivity index (χ3n) is 3.69. The number of nitrogens with zero attached hydrogens (tertiary/aromatic N) is 1. The first-order chi connectivity index (χ1) is 7.87. The number of carbonyl (C=O) groups is 1. The smallest absolute Gasteiger partial charge is 0.410 e. The van der Waals surface area contributed by atoms with Gasteiger partial charge in [-0.1, -0.05) is 0 Å². The van der Waals surface area contributed by atoms with Crippen LogP contribution >= 0.6 is 0 Å². The minimum Gasteiger partial charge on any atom is -0.444 e. The minimum absolute atomic E-state index is 0.170. The highest BCUT2D eigenvalue weighted by Crippen LogP contribution is 2.40. The number of amides is 1. The van der Waals surface area contributed by atoms with Gasteiger partial charge in [0.15, 0.2) is 0 Å². The molecule has 0 bridgehead atoms. The van der Waals surface area contributed by atoms with Crippen molar-refractivity contribution in [2.24, 2.45) is 17.6 Å². The molecule has 2 N–H and O–H groups in total. The average molecular weight is 240 g/mol. The zero-order valence-electron chi connectivity index (χ0n) is 11.1. The SMILES string of the molecule is CC(C)(C)OC(=O)N1CCC([C@H]2C[C@H]2N)CC1. The molecular formula is C13H24N2O2. The molecule has 1 heterocycles. The Morgan fingerprint density at radius 2 is 1.82 bits per heavy atom. The van der Waals surface area contributed by atoms with Crippen molar-refractivity contribution in [1.29, 1.82) is 0 Å². The maximum atomic E-state index is 11.8. The predicted octanol–water partition coefficient (Wildman–Crippen LogP) is 1.98. The van der Waals surface area contributed by atoms with Crippen LogP contribution in [0.3, 0.4) is 0 Å². The average Bonchev–Trinajstić information content (AvgIpc) is 2.93. The van der Waals surface area contributed by atoms with Gasteiger partial charge in [-0.2, -0.15) is 0 Å². The van der Waals surface area contributed by atoms with E-state index < -0.39 is 5.60 Å². The zero-order valence-corrected chi connectivity index (χ0v) is 11.1. The summed E-state index contributed by atoms with van der Waals surface area (Å²) < 4.78 is 5.37. The lowest BCUT2D eigenvalue weighted by Crippen LogP contribution is -2.42. The van der Waals surface area contributed by atoms with Crippen LogP contribution in [-0.2, 0) is 4.74 Å². The number of ether oxygens (including phenoxy) is 1. The number of hydrogen-bond acceptors (Lipinski definition) is 3. The quantitative estimate of drug-likeness (QED) is 0.762. The second kappa shape index (κ2) is 4.48. The summed E-state index contributed by atoms with van der Waals surface area (Å²) in [5.41, 5.74) is 5.47. The highest BCUT2D eigenvalue weighted by molar-refractivity contribution is 5.68. The van der Waals surface area contributed by atoms with Crippen molar-refractivity contribution in [2.75, 3.05) is 13.1 Å². The lowest BCUT2D eigenvalue weighted by molar-refractivity contribution is 0.0175. The molecule has 2 fully saturated rings. The van der Waals surface area contributed by atoms with Crippen LogP contribution in [0, 0.1) is 11.8 Å². The molecule has 4 nitrogen and oxygen atoms in total. The Balaban J connectivity index is 1.76. The fourth-order valence-corrected chi connectivity index (χ4v) is 2.61. The van der Waals surface area contributed by atoms with Crippen LogP contribution in [0.25, 0.3) is 0 Å². The Hall–Kier alpha value is -0.770. The van der Waals surface area contributed by atoms with E-state index in [2.05, 4.69) is 0 Å². The summed E-state index contributed by atoms with van der Waals surface area (Å²) >= 11 is 0. The third kappa shape index (κ3) is 3.35. The molecule has 4 heteroatoms. The van der Waals surface area contributed by atoms with Crippen LogP contribution in [-0.4, -0.2) is 35.7 Å². The molecule has 2 atom stereocenters. The molecule has 0 aromatic rings. The van der Waals surface area contributed by atoms with Gasteiger partial charge in [0.25, 0.3) is 0 Å². The molecule has 17 heavy (non-hydrogen) atoms. The molecular weight excluding hydrogens is 216 g/mol. The van der Waals surface area contributed by atoms with Crippen molar-refractivity contribution in [3.05, 3.63) is 0 Å². The molecule has 1 aliphatic heterocycles. The van der Waals surface area contributed by atoms with E-state index in [1.165, 1.54) is 6.42 Å². The van der Waals surface area contributed by atoms with Crippen molar-refractivity contribution >= 4 is 6.09 Å². The Bertz CT molecular complexity index is 290. The maximum absolute atomic E-state index is 11.8. The summed E-state index contributed by atoms with van der Waals surface area (Å²) in [4.78, 5) is 13.7. The maximum Gasteiger partial charge on any atom is 0.410 e. The highest BCUT2D eigenvalue weighted by atomic mass is 16.6. The van der Waals surface area contributed by atoms with Gasteiger partial charge in [0.1, 0.15) is 5.60 Å². The summed E-state index contributed by atoms with van der Waals surface area (Å²) in [6.07, 6.45) is 3.17. The van der Waals surface area contributed by atoms with E-state index in [1.54, 1.807) is 0 Å². The number of nitrogens with two attached hydrogens (primary N) is 1. The van der Waals surface area contributed by atoms with E-state index in [4.69, 9.17) is 10.5 Å². The van der Waals surface area contributed by atoms with Gasteiger partial charge in [0, 0.05) is 19.1 Å². The van der Waals surface area contributed by atoms with Crippen LogP contribution < -0.4 is 5.73 Å². The van der Waals surface area contributed by atoms with Gasteiger partial charge in [-0.3, -0.25) is 0 Å². The Morgan fingerprint density at radius 3 is 2.24 bits per heavy atom. The molecule has 2 aliphatic rings. The molecule has 0 aromatic heterocycles. The van der Waals surface area contributed by atoms with Crippen LogP contribution in [0.4, 0.5) is 4.79 Å². The fraction of sp³-hybridized carbons (Fsp3) is 0.923. The van der Waals surface area contributed by atoms with Gasteiger partial charge in [-0.25, -0.2) is 4.79 Å². The fourth-order valence-electron chi connectivity index (χ4n) is 2.61. The predicted molar refractivity (Wildman–Crippen MR) is 66.6 cm³/mol. The zero-order chi connectivity index (χ0) is 12.6. The highest BCUT2D eigenvalue weighted by Gasteiger charge is 2.41. The number of likely N-dealkylation sites (tertiary alicyclic amines) is 1. The molecule has 0 aromatic carbocycles. The van der Waals surface area contributed by atoms with Crippen LogP contribution in [0.2, 0.25) is 0 Å². The molecule has 0 spiro atoms. The van der Waals surface area contributed by atoms with Crippen LogP contribution in [0.5, 0.6) is 0 Å². The van der Waals surface area contributed by atoms with Crippen molar-refractivity contribution in [3.8, 4) is 0 Å². The molecule has 1 saturated heterocycles. The van der Waals surface area contributed by atoms with E-state index in [9.17, 15) is 4.79 Å². The van der Waals surface area contributed by atoms with Gasteiger partial charge < -0.3 is 15.4 Å². The first kappa shape index (κ1) is 12.7. The Labute approximate surface area is 103 Å². The topological polar surface area (TPSA) is 55.6 Å². The standard InChI is InChI=1S/C13H24N2O2/c1-13(2,3)17-12(16)15-6-4-9(5-7-15)10-8-11(10)14/h9-11H,4-8,14H2,1-3H3/t10-,11-/m1/s1. The van der Waals surface area contributed by atoms with Gasteiger partial charge in [0.2, 0.25) is 0 Å². The molecule has 1 saturated carbocycles. The van der Waals surface area contributed by atoms with E-state index in [-0.39, 0.29) is 6.09 Å². The summed E-state index contributed by atoms with van der Waals surface area (Å²) in [6.45, 7) is 7.36. The van der Waals surface area contributed by atoms with E-state index in [0.29, 0.717) is 6.04 Å². The van der Waals surface area contributed by atoms with Crippen molar-refractivity contribution in [1.82, 2.24) is 4.90 Å². The number of carbonyl (C=O) groups excluding carboxylic acids is 1. The van der Waals surface area contributed by atoms with Crippen molar-refractivity contribution < 1.29 is 9.53 Å².